The van der Waals surface area contributed by atoms with Crippen molar-refractivity contribution >= 4 is 29.8 Å². The summed E-state index contributed by atoms with van der Waals surface area (Å²) in [5.41, 5.74) is -0.369. The molecule has 196 valence electrons. The Bertz CT molecular complexity index is 873. The van der Waals surface area contributed by atoms with Crippen molar-refractivity contribution in [3.63, 3.8) is 0 Å². The predicted octanol–water partition coefficient (Wildman–Crippen LogP) is 4.69. The van der Waals surface area contributed by atoms with Crippen molar-refractivity contribution in [3.8, 4) is 0 Å². The number of carbonyl (C=O) groups excluding carboxylic acids is 1. The first-order valence-electron chi connectivity index (χ1n) is 11.9. The molecule has 2 aliphatic rings. The molecule has 35 heavy (non-hydrogen) atoms. The van der Waals surface area contributed by atoms with Gasteiger partial charge in [0.25, 0.3) is 0 Å². The van der Waals surface area contributed by atoms with Gasteiger partial charge in [-0.2, -0.15) is 13.2 Å². The minimum Gasteiger partial charge on any atom is -0.381 e. The van der Waals surface area contributed by atoms with E-state index < -0.39 is 17.1 Å². The van der Waals surface area contributed by atoms with Crippen molar-refractivity contribution in [1.82, 2.24) is 9.80 Å². The summed E-state index contributed by atoms with van der Waals surface area (Å²) in [7, 11) is 6.04. The summed E-state index contributed by atoms with van der Waals surface area (Å²) in [5.74, 6) is 0.378. The van der Waals surface area contributed by atoms with E-state index in [-0.39, 0.29) is 29.1 Å². The number of aliphatic imine (C=N–C) groups is 1. The fraction of sp³-hybridized carbons (Fsp3) is 0.667. The van der Waals surface area contributed by atoms with E-state index in [9.17, 15) is 22.4 Å². The molecule has 11 heteroatoms. The molecule has 2 saturated heterocycles. The topological polar surface area (TPSA) is 45.1 Å². The zero-order chi connectivity index (χ0) is 25.8. The predicted molar refractivity (Wildman–Crippen MR) is 137 cm³/mol. The van der Waals surface area contributed by atoms with Gasteiger partial charge in [-0.1, -0.05) is 18.5 Å². The molecule has 2 heterocycles. The van der Waals surface area contributed by atoms with Crippen molar-refractivity contribution < 1.29 is 27.1 Å². The van der Waals surface area contributed by atoms with Crippen molar-refractivity contribution in [3.05, 3.63) is 34.9 Å². The summed E-state index contributed by atoms with van der Waals surface area (Å²) in [6.07, 6.45) is -0.830. The third-order valence-corrected chi connectivity index (χ3v) is 7.68. The van der Waals surface area contributed by atoms with Gasteiger partial charge in [0.2, 0.25) is 5.91 Å². The number of amides is 1. The molecule has 3 rings (SSSR count). The average Bonchev–Trinajstić information content (AvgIpc) is 2.82. The monoisotopic (exact) mass is 535 g/mol. The van der Waals surface area contributed by atoms with Gasteiger partial charge < -0.3 is 9.64 Å². The maximum Gasteiger partial charge on any atom is 0.416 e. The number of hydrogen-bond donors (Lipinski definition) is 0. The van der Waals surface area contributed by atoms with Gasteiger partial charge in [0, 0.05) is 45.4 Å². The Morgan fingerprint density at radius 2 is 1.66 bits per heavy atom. The van der Waals surface area contributed by atoms with Crippen LogP contribution in [-0.2, 0) is 21.1 Å². The van der Waals surface area contributed by atoms with Gasteiger partial charge in [-0.15, -0.1) is 0 Å². The molecule has 2 fully saturated rings. The molecule has 0 aliphatic carbocycles. The van der Waals surface area contributed by atoms with Gasteiger partial charge in [0.1, 0.15) is 5.41 Å². The van der Waals surface area contributed by atoms with Crippen LogP contribution < -0.4 is 0 Å². The molecule has 1 aromatic rings. The van der Waals surface area contributed by atoms with Gasteiger partial charge >= 0.3 is 6.18 Å². The van der Waals surface area contributed by atoms with Gasteiger partial charge in [-0.25, -0.2) is 4.39 Å². The number of ether oxygens (including phenoxy) is 1. The van der Waals surface area contributed by atoms with Gasteiger partial charge in [0.15, 0.2) is 0 Å². The van der Waals surface area contributed by atoms with Crippen molar-refractivity contribution in [1.29, 1.82) is 0 Å². The molecule has 3 unspecified atom stereocenters. The molecule has 3 atom stereocenters. The van der Waals surface area contributed by atoms with Crippen LogP contribution in [0.1, 0.15) is 49.3 Å². The molecular formula is C24H35F4N3O2P2. The van der Waals surface area contributed by atoms with E-state index in [2.05, 4.69) is 19.1 Å². The lowest BCUT2D eigenvalue weighted by atomic mass is 9.96. The summed E-state index contributed by atoms with van der Waals surface area (Å²) in [5, 5.41) is -1.99. The lowest BCUT2D eigenvalue weighted by Crippen LogP contribution is -2.47. The molecule has 5 nitrogen and oxygen atoms in total. The molecule has 0 saturated carbocycles. The Morgan fingerprint density at radius 3 is 2.20 bits per heavy atom. The van der Waals surface area contributed by atoms with Crippen LogP contribution in [0.4, 0.5) is 17.6 Å². The average molecular weight is 536 g/mol. The first kappa shape index (κ1) is 28.4. The number of piperidine rings is 2. The Kier molecular flexibility index (Phi) is 9.70. The van der Waals surface area contributed by atoms with E-state index in [1.165, 1.54) is 13.0 Å². The zero-order valence-corrected chi connectivity index (χ0v) is 22.6. The summed E-state index contributed by atoms with van der Waals surface area (Å²) in [6.45, 7) is 5.11. The van der Waals surface area contributed by atoms with E-state index in [1.807, 2.05) is 14.1 Å². The van der Waals surface area contributed by atoms with Gasteiger partial charge in [-0.3, -0.25) is 14.7 Å². The number of rotatable bonds is 7. The molecule has 1 amide bonds. The van der Waals surface area contributed by atoms with Crippen molar-refractivity contribution in [2.45, 2.75) is 50.3 Å². The normalized spacial score (nSPS) is 21.3. The smallest absolute Gasteiger partial charge is 0.381 e. The molecule has 0 spiro atoms. The lowest BCUT2D eigenvalue weighted by Gasteiger charge is -2.35. The van der Waals surface area contributed by atoms with E-state index in [0.29, 0.717) is 31.6 Å². The minimum absolute atomic E-state index is 0.0688. The fourth-order valence-corrected chi connectivity index (χ4v) is 4.94. The number of alkyl halides is 4. The van der Waals surface area contributed by atoms with E-state index in [1.54, 1.807) is 7.11 Å². The Labute approximate surface area is 209 Å². The second kappa shape index (κ2) is 11.9. The molecule has 0 bridgehead atoms. The maximum atomic E-state index is 14.4. The third kappa shape index (κ3) is 8.18. The van der Waals surface area contributed by atoms with Crippen LogP contribution in [0.2, 0.25) is 0 Å². The lowest BCUT2D eigenvalue weighted by molar-refractivity contribution is -0.137. The number of likely N-dealkylation sites (tertiary alicyclic amines) is 2. The number of nitrogens with zero attached hydrogens (tertiary/aromatic N) is 3. The Morgan fingerprint density at radius 1 is 1.06 bits per heavy atom. The van der Waals surface area contributed by atoms with Crippen LogP contribution in [0.3, 0.4) is 0 Å². The summed E-state index contributed by atoms with van der Waals surface area (Å²) < 4.78 is 59.8. The minimum atomic E-state index is -4.58. The number of halogens is 4. The highest BCUT2D eigenvalue weighted by Gasteiger charge is 2.33. The SMILES string of the molecule is COC1CCN(CC(=O)N2CCC(CN=C(P)c3cc(C(F)(F)F)cc(C(C)(F)P)c3)CC2)CC1. The first-order valence-corrected chi connectivity index (χ1v) is 13.1. The standard InChI is InChI=1S/C24H35F4N3O2P2/c1-23(25,35)18-11-17(12-19(13-18)24(26,27)28)22(34)29-14-16-3-9-31(10-4-16)21(32)15-30-7-5-20(33-2)6-8-30/h11-13,16,20H,3-10,14-15,34-35H2,1-2H3. The van der Waals surface area contributed by atoms with Crippen LogP contribution in [0.25, 0.3) is 0 Å². The molecule has 0 radical (unpaired) electrons. The highest BCUT2D eigenvalue weighted by Crippen LogP contribution is 2.38. The van der Waals surface area contributed by atoms with Crippen molar-refractivity contribution in [2.24, 2.45) is 10.9 Å². The van der Waals surface area contributed by atoms with Crippen molar-refractivity contribution in [2.75, 3.05) is 46.4 Å². The van der Waals surface area contributed by atoms with Crippen LogP contribution >= 0.6 is 18.5 Å². The van der Waals surface area contributed by atoms with E-state index >= 15 is 0 Å². The molecular weight excluding hydrogens is 500 g/mol. The number of methoxy groups -OCH3 is 1. The Balaban J connectivity index is 1.55. The molecule has 0 aromatic heterocycles. The van der Waals surface area contributed by atoms with Crippen LogP contribution in [0.15, 0.2) is 23.2 Å². The van der Waals surface area contributed by atoms with Crippen LogP contribution in [0, 0.1) is 5.92 Å². The van der Waals surface area contributed by atoms with E-state index in [0.717, 1.165) is 50.9 Å². The highest BCUT2D eigenvalue weighted by atomic mass is 31.0. The second-order valence-electron chi connectivity index (χ2n) is 9.63. The number of benzene rings is 1. The van der Waals surface area contributed by atoms with Crippen LogP contribution in [-0.4, -0.2) is 73.6 Å². The largest absolute Gasteiger partial charge is 0.416 e. The molecule has 1 aromatic carbocycles. The van der Waals surface area contributed by atoms with E-state index in [4.69, 9.17) is 4.74 Å². The summed E-state index contributed by atoms with van der Waals surface area (Å²) in [4.78, 5) is 21.3. The van der Waals surface area contributed by atoms with Crippen LogP contribution in [0.5, 0.6) is 0 Å². The molecule has 2 aliphatic heterocycles. The maximum absolute atomic E-state index is 14.4. The van der Waals surface area contributed by atoms with Gasteiger partial charge in [0.05, 0.1) is 23.7 Å². The Hall–Kier alpha value is -1.14. The quantitative estimate of drug-likeness (QED) is 0.289. The zero-order valence-electron chi connectivity index (χ0n) is 20.3. The fourth-order valence-electron chi connectivity index (χ4n) is 4.50. The summed E-state index contributed by atoms with van der Waals surface area (Å²) in [6, 6.07) is 3.24. The second-order valence-corrected chi connectivity index (χ2v) is 11.3. The highest BCUT2D eigenvalue weighted by molar-refractivity contribution is 7.42. The third-order valence-electron chi connectivity index (χ3n) is 6.83. The number of carbonyl (C=O) groups is 1. The first-order chi connectivity index (χ1) is 16.4. The summed E-state index contributed by atoms with van der Waals surface area (Å²) >= 11 is 0. The molecule has 0 N–H and O–H groups in total. The number of hydrogen-bond acceptors (Lipinski definition) is 4. The van der Waals surface area contributed by atoms with Gasteiger partial charge in [-0.05, 0) is 62.3 Å².